The number of hydrogen-bond donors (Lipinski definition) is 3. The summed E-state index contributed by atoms with van der Waals surface area (Å²) in [7, 11) is 1.55. The number of primary amides is 1. The Hall–Kier alpha value is -4.55. The van der Waals surface area contributed by atoms with E-state index in [0.29, 0.717) is 55.5 Å². The van der Waals surface area contributed by atoms with E-state index in [2.05, 4.69) is 10.4 Å². The van der Waals surface area contributed by atoms with Gasteiger partial charge in [0.1, 0.15) is 46.1 Å². The number of benzene rings is 2. The lowest BCUT2D eigenvalue weighted by Gasteiger charge is -2.30. The second kappa shape index (κ2) is 10.2. The summed E-state index contributed by atoms with van der Waals surface area (Å²) in [5.41, 5.74) is 6.01. The van der Waals surface area contributed by atoms with Crippen molar-refractivity contribution in [1.82, 2.24) is 20.1 Å². The zero-order chi connectivity index (χ0) is 32.0. The number of nitrogens with two attached hydrogens (primary N) is 1. The van der Waals surface area contributed by atoms with Gasteiger partial charge in [-0.25, -0.2) is 9.37 Å². The minimum absolute atomic E-state index is 0.00641. The van der Waals surface area contributed by atoms with E-state index in [9.17, 15) is 19.1 Å². The summed E-state index contributed by atoms with van der Waals surface area (Å²) in [6.07, 6.45) is 5.55. The van der Waals surface area contributed by atoms with Gasteiger partial charge in [-0.2, -0.15) is 5.10 Å². The first kappa shape index (κ1) is 28.9. The first-order valence-corrected chi connectivity index (χ1v) is 16.2. The Bertz CT molecular complexity index is 2090. The van der Waals surface area contributed by atoms with Crippen LogP contribution in [-0.4, -0.2) is 51.9 Å². The van der Waals surface area contributed by atoms with Crippen molar-refractivity contribution in [2.45, 2.75) is 49.7 Å². The number of fused-ring (bicyclic) bond motifs is 3. The molecule has 8 rings (SSSR count). The minimum Gasteiger partial charge on any atom is -0.494 e. The van der Waals surface area contributed by atoms with Crippen molar-refractivity contribution in [3.8, 4) is 22.8 Å². The van der Waals surface area contributed by atoms with Gasteiger partial charge in [0.2, 0.25) is 5.91 Å². The van der Waals surface area contributed by atoms with Crippen LogP contribution in [0.25, 0.3) is 32.2 Å². The van der Waals surface area contributed by atoms with Gasteiger partial charge in [0, 0.05) is 39.0 Å². The number of pyridine rings is 1. The Morgan fingerprint density at radius 1 is 1.26 bits per heavy atom. The van der Waals surface area contributed by atoms with Crippen molar-refractivity contribution in [2.75, 3.05) is 20.3 Å². The van der Waals surface area contributed by atoms with Crippen molar-refractivity contribution >= 4 is 44.1 Å². The van der Waals surface area contributed by atoms with Gasteiger partial charge in [-0.15, -0.1) is 11.3 Å². The number of hydrogen-bond acceptors (Lipinski definition) is 8. The highest BCUT2D eigenvalue weighted by Crippen LogP contribution is 2.51. The lowest BCUT2D eigenvalue weighted by atomic mass is 9.81. The Labute approximate surface area is 267 Å². The highest BCUT2D eigenvalue weighted by atomic mass is 32.1. The van der Waals surface area contributed by atoms with Crippen molar-refractivity contribution in [1.29, 1.82) is 0 Å². The fourth-order valence-corrected chi connectivity index (χ4v) is 7.41. The predicted octanol–water partition coefficient (Wildman–Crippen LogP) is 4.96. The molecule has 2 amide bonds. The number of carbonyl (C=O) groups excluding carboxylic acids is 2. The Balaban J connectivity index is 1.19. The van der Waals surface area contributed by atoms with E-state index < -0.39 is 16.9 Å². The fraction of sp³-hybridized carbons (Fsp3) is 0.353. The molecule has 2 aromatic carbocycles. The molecule has 1 aliphatic heterocycles. The molecule has 12 heteroatoms. The molecule has 4 N–H and O–H groups in total. The summed E-state index contributed by atoms with van der Waals surface area (Å²) in [4.78, 5) is 31.3. The lowest BCUT2D eigenvalue weighted by Crippen LogP contribution is -2.44. The van der Waals surface area contributed by atoms with Crippen LogP contribution in [0.1, 0.15) is 60.3 Å². The van der Waals surface area contributed by atoms with E-state index in [1.165, 1.54) is 17.4 Å². The maximum atomic E-state index is 14.7. The van der Waals surface area contributed by atoms with Crippen LogP contribution in [0.5, 0.6) is 11.5 Å². The fourth-order valence-electron chi connectivity index (χ4n) is 6.45. The van der Waals surface area contributed by atoms with Crippen LogP contribution >= 0.6 is 11.3 Å². The summed E-state index contributed by atoms with van der Waals surface area (Å²) in [5.74, 6) is -0.620. The smallest absolute Gasteiger partial charge is 0.251 e. The summed E-state index contributed by atoms with van der Waals surface area (Å²) in [6.45, 7) is 1.58. The summed E-state index contributed by atoms with van der Waals surface area (Å²) < 4.78 is 28.7. The monoisotopic (exact) mass is 641 g/mol. The average Bonchev–Trinajstić information content (AvgIpc) is 3.97. The van der Waals surface area contributed by atoms with Crippen LogP contribution in [0.4, 0.5) is 4.39 Å². The standard InChI is InChI=1S/C34H32FN5O5S/c1-33(32(36)42)16-45-29-23(33)12-26(38-28(29)22-14-46-30-21(22)4-3-5-24(30)35)34(43,19-6-7-19)15-37-31(41)17-10-18-13-40(20-8-9-20)39-27(18)25(11-17)44-2/h3-5,10-14,19-20,43H,6-9,15-16H2,1-2H3,(H2,36,42)(H,37,41)/t33-,34+/m0/s1. The Morgan fingerprint density at radius 2 is 2.07 bits per heavy atom. The Kier molecular flexibility index (Phi) is 6.42. The van der Waals surface area contributed by atoms with E-state index in [4.69, 9.17) is 20.2 Å². The number of rotatable bonds is 9. The highest BCUT2D eigenvalue weighted by Gasteiger charge is 2.50. The molecule has 46 heavy (non-hydrogen) atoms. The van der Waals surface area contributed by atoms with Gasteiger partial charge in [0.05, 0.1) is 30.1 Å². The minimum atomic E-state index is -1.57. The second-order valence-corrected chi connectivity index (χ2v) is 13.7. The van der Waals surface area contributed by atoms with Crippen LogP contribution in [0.2, 0.25) is 0 Å². The third-order valence-electron chi connectivity index (χ3n) is 9.63. The molecule has 10 nitrogen and oxygen atoms in total. The maximum absolute atomic E-state index is 14.7. The molecular formula is C34H32FN5O5S. The number of ether oxygens (including phenoxy) is 2. The van der Waals surface area contributed by atoms with Crippen LogP contribution in [0.3, 0.4) is 0 Å². The lowest BCUT2D eigenvalue weighted by molar-refractivity contribution is -0.123. The van der Waals surface area contributed by atoms with E-state index >= 15 is 0 Å². The van der Waals surface area contributed by atoms with Crippen LogP contribution in [0, 0.1) is 11.7 Å². The average molecular weight is 642 g/mol. The van der Waals surface area contributed by atoms with E-state index in [1.54, 1.807) is 49.7 Å². The van der Waals surface area contributed by atoms with E-state index in [-0.39, 0.29) is 36.5 Å². The molecule has 2 fully saturated rings. The topological polar surface area (TPSA) is 142 Å². The molecule has 0 spiro atoms. The van der Waals surface area contributed by atoms with E-state index in [0.717, 1.165) is 31.1 Å². The van der Waals surface area contributed by atoms with Gasteiger partial charge in [0.25, 0.3) is 5.91 Å². The molecule has 5 aromatic rings. The van der Waals surface area contributed by atoms with E-state index in [1.807, 2.05) is 10.9 Å². The van der Waals surface area contributed by atoms with Crippen molar-refractivity contribution < 1.29 is 28.6 Å². The summed E-state index contributed by atoms with van der Waals surface area (Å²) >= 11 is 1.24. The highest BCUT2D eigenvalue weighted by molar-refractivity contribution is 7.17. The van der Waals surface area contributed by atoms with Gasteiger partial charge >= 0.3 is 0 Å². The molecule has 0 bridgehead atoms. The molecule has 0 unspecified atom stereocenters. The van der Waals surface area contributed by atoms with Gasteiger partial charge in [0.15, 0.2) is 0 Å². The second-order valence-electron chi connectivity index (χ2n) is 12.8. The summed E-state index contributed by atoms with van der Waals surface area (Å²) in [6, 6.07) is 10.3. The molecule has 3 aliphatic rings. The number of methoxy groups -OCH3 is 1. The zero-order valence-electron chi connectivity index (χ0n) is 25.3. The van der Waals surface area contributed by atoms with Gasteiger partial charge in [-0.3, -0.25) is 14.3 Å². The number of nitrogens with one attached hydrogen (secondary N) is 1. The largest absolute Gasteiger partial charge is 0.494 e. The van der Waals surface area contributed by atoms with Crippen LogP contribution in [-0.2, 0) is 15.8 Å². The van der Waals surface area contributed by atoms with Gasteiger partial charge in [-0.1, -0.05) is 12.1 Å². The summed E-state index contributed by atoms with van der Waals surface area (Å²) in [5, 5.41) is 23.2. The number of aromatic nitrogens is 3. The molecule has 0 radical (unpaired) electrons. The molecule has 2 aliphatic carbocycles. The predicted molar refractivity (Wildman–Crippen MR) is 171 cm³/mol. The molecular weight excluding hydrogens is 609 g/mol. The number of thiophene rings is 1. The molecule has 0 saturated heterocycles. The Morgan fingerprint density at radius 3 is 2.78 bits per heavy atom. The number of amides is 2. The van der Waals surface area contributed by atoms with Crippen LogP contribution < -0.4 is 20.5 Å². The number of aliphatic hydroxyl groups is 1. The van der Waals surface area contributed by atoms with Crippen LogP contribution in [0.15, 0.2) is 48.0 Å². The molecule has 2 atom stereocenters. The first-order valence-electron chi connectivity index (χ1n) is 15.3. The van der Waals surface area contributed by atoms with Crippen molar-refractivity contribution in [2.24, 2.45) is 11.7 Å². The maximum Gasteiger partial charge on any atom is 0.251 e. The first-order chi connectivity index (χ1) is 22.1. The van der Waals surface area contributed by atoms with Crippen molar-refractivity contribution in [3.05, 3.63) is 70.6 Å². The molecule has 4 heterocycles. The molecule has 2 saturated carbocycles. The third-order valence-corrected chi connectivity index (χ3v) is 10.6. The van der Waals surface area contributed by atoms with Gasteiger partial charge < -0.3 is 25.6 Å². The number of halogens is 1. The molecule has 3 aromatic heterocycles. The third kappa shape index (κ3) is 4.45. The van der Waals surface area contributed by atoms with Crippen molar-refractivity contribution in [3.63, 3.8) is 0 Å². The number of nitrogens with zero attached hydrogens (tertiary/aromatic N) is 3. The zero-order valence-corrected chi connectivity index (χ0v) is 26.1. The normalized spacial score (nSPS) is 20.3. The SMILES string of the molecule is COc1cc(C(=O)NC[C@](O)(c2cc3c(c(-c4csc5c(F)cccc45)n2)OC[C@]3(C)C(N)=O)C2CC2)cc2cn(C3CC3)nc12. The molecule has 236 valence electrons. The quantitative estimate of drug-likeness (QED) is 0.207. The number of carbonyl (C=O) groups is 2. The van der Waals surface area contributed by atoms with Gasteiger partial charge in [-0.05, 0) is 62.8 Å².